The van der Waals surface area contributed by atoms with Crippen LogP contribution in [0.2, 0.25) is 0 Å². The van der Waals surface area contributed by atoms with Crippen LogP contribution in [0.4, 0.5) is 0 Å². The van der Waals surface area contributed by atoms with E-state index in [-0.39, 0.29) is 13.2 Å². The van der Waals surface area contributed by atoms with E-state index in [2.05, 4.69) is 10.6 Å². The molecule has 0 radical (unpaired) electrons. The molecule has 172 valence electrons. The van der Waals surface area contributed by atoms with E-state index in [1.54, 1.807) is 0 Å². The summed E-state index contributed by atoms with van der Waals surface area (Å²) in [5.74, 6) is 1.50. The van der Waals surface area contributed by atoms with Gasteiger partial charge in [-0.25, -0.2) is 0 Å². The van der Waals surface area contributed by atoms with Crippen LogP contribution in [0.5, 0.6) is 11.5 Å². The third-order valence-electron chi connectivity index (χ3n) is 4.66. The second-order valence-corrected chi connectivity index (χ2v) is 8.52. The Bertz CT molecular complexity index is 669. The van der Waals surface area contributed by atoms with Gasteiger partial charge in [-0.1, -0.05) is 52.0 Å². The molecule has 2 aromatic rings. The van der Waals surface area contributed by atoms with Crippen LogP contribution >= 0.6 is 0 Å². The van der Waals surface area contributed by atoms with Crippen LogP contribution in [0.3, 0.4) is 0 Å². The van der Waals surface area contributed by atoms with Gasteiger partial charge in [0.25, 0.3) is 0 Å². The molecule has 4 N–H and O–H groups in total. The first-order valence-electron chi connectivity index (χ1n) is 11.1. The van der Waals surface area contributed by atoms with Crippen LogP contribution in [0.1, 0.15) is 38.8 Å². The molecule has 0 saturated carbocycles. The number of aliphatic hydroxyl groups excluding tert-OH is 2. The number of hydrogen-bond donors (Lipinski definition) is 4. The van der Waals surface area contributed by atoms with Gasteiger partial charge < -0.3 is 30.3 Å². The second kappa shape index (κ2) is 13.3. The van der Waals surface area contributed by atoms with Crippen LogP contribution in [-0.2, 0) is 6.42 Å². The monoisotopic (exact) mass is 430 g/mol. The molecule has 0 aromatic heterocycles. The van der Waals surface area contributed by atoms with Crippen molar-refractivity contribution >= 4 is 0 Å². The van der Waals surface area contributed by atoms with Gasteiger partial charge in [-0.3, -0.25) is 0 Å². The van der Waals surface area contributed by atoms with Gasteiger partial charge >= 0.3 is 0 Å². The zero-order valence-corrected chi connectivity index (χ0v) is 19.2. The van der Waals surface area contributed by atoms with Gasteiger partial charge in [-0.2, -0.15) is 0 Å². The first kappa shape index (κ1) is 25.1. The molecule has 0 saturated heterocycles. The Balaban J connectivity index is 1.75. The number of ether oxygens (including phenoxy) is 2. The summed E-state index contributed by atoms with van der Waals surface area (Å²) in [5, 5.41) is 26.2. The summed E-state index contributed by atoms with van der Waals surface area (Å²) in [5.41, 5.74) is 2.36. The lowest BCUT2D eigenvalue weighted by molar-refractivity contribution is 0.104. The Morgan fingerprint density at radius 2 is 1.00 bits per heavy atom. The van der Waals surface area contributed by atoms with E-state index < -0.39 is 12.2 Å². The summed E-state index contributed by atoms with van der Waals surface area (Å²) in [7, 11) is 0. The van der Waals surface area contributed by atoms with Crippen molar-refractivity contribution in [1.82, 2.24) is 10.6 Å². The molecule has 2 aromatic carbocycles. The zero-order valence-electron chi connectivity index (χ0n) is 19.2. The summed E-state index contributed by atoms with van der Waals surface area (Å²) < 4.78 is 11.3. The lowest BCUT2D eigenvalue weighted by atomic mass is 10.0. The molecule has 0 aliphatic carbocycles. The lowest BCUT2D eigenvalue weighted by Gasteiger charge is -2.15. The SMILES string of the molecule is CC(C)NCC(O)COc1ccc(Cc2ccc(OCC(O)CNC(C)C)cc2)cc1. The molecular formula is C25H38N2O4. The molecule has 31 heavy (non-hydrogen) atoms. The van der Waals surface area contributed by atoms with Gasteiger partial charge in [0.2, 0.25) is 0 Å². The molecule has 0 spiro atoms. The Morgan fingerprint density at radius 3 is 1.32 bits per heavy atom. The average Bonchev–Trinajstić information content (AvgIpc) is 2.75. The minimum Gasteiger partial charge on any atom is -0.491 e. The van der Waals surface area contributed by atoms with Crippen LogP contribution in [-0.4, -0.2) is 60.8 Å². The summed E-state index contributed by atoms with van der Waals surface area (Å²) in [6.07, 6.45) is -0.256. The summed E-state index contributed by atoms with van der Waals surface area (Å²) in [4.78, 5) is 0. The molecule has 0 bridgehead atoms. The van der Waals surface area contributed by atoms with Gasteiger partial charge in [-0.05, 0) is 41.8 Å². The largest absolute Gasteiger partial charge is 0.491 e. The van der Waals surface area contributed by atoms with Gasteiger partial charge in [0.05, 0.1) is 0 Å². The molecule has 0 aliphatic heterocycles. The minimum atomic E-state index is -0.532. The van der Waals surface area contributed by atoms with Crippen molar-refractivity contribution in [3.05, 3.63) is 59.7 Å². The van der Waals surface area contributed by atoms with Crippen LogP contribution in [0.25, 0.3) is 0 Å². The molecule has 6 nitrogen and oxygen atoms in total. The Labute approximate surface area is 186 Å². The number of benzene rings is 2. The predicted molar refractivity (Wildman–Crippen MR) is 125 cm³/mol. The third-order valence-corrected chi connectivity index (χ3v) is 4.66. The van der Waals surface area contributed by atoms with Crippen molar-refractivity contribution in [3.63, 3.8) is 0 Å². The highest BCUT2D eigenvalue weighted by Gasteiger charge is 2.07. The number of aliphatic hydroxyl groups is 2. The van der Waals surface area contributed by atoms with Crippen LogP contribution in [0, 0.1) is 0 Å². The highest BCUT2D eigenvalue weighted by molar-refractivity contribution is 5.34. The normalized spacial score (nSPS) is 13.4. The first-order valence-corrected chi connectivity index (χ1v) is 11.1. The smallest absolute Gasteiger partial charge is 0.119 e. The fraction of sp³-hybridized carbons (Fsp3) is 0.520. The van der Waals surface area contributed by atoms with Gasteiger partial charge in [0.1, 0.15) is 36.9 Å². The van der Waals surface area contributed by atoms with Crippen molar-refractivity contribution in [3.8, 4) is 11.5 Å². The van der Waals surface area contributed by atoms with E-state index in [0.717, 1.165) is 17.9 Å². The number of hydrogen-bond acceptors (Lipinski definition) is 6. The fourth-order valence-electron chi connectivity index (χ4n) is 2.89. The van der Waals surface area contributed by atoms with E-state index in [0.29, 0.717) is 25.2 Å². The van der Waals surface area contributed by atoms with Crippen molar-refractivity contribution in [2.24, 2.45) is 0 Å². The van der Waals surface area contributed by atoms with Crippen molar-refractivity contribution in [2.45, 2.75) is 58.4 Å². The molecule has 2 rings (SSSR count). The maximum absolute atomic E-state index is 9.93. The quantitative estimate of drug-likeness (QED) is 0.369. The molecular weight excluding hydrogens is 392 g/mol. The van der Waals surface area contributed by atoms with Gasteiger partial charge in [-0.15, -0.1) is 0 Å². The van der Waals surface area contributed by atoms with E-state index in [1.165, 1.54) is 11.1 Å². The van der Waals surface area contributed by atoms with Crippen LogP contribution in [0.15, 0.2) is 48.5 Å². The maximum atomic E-state index is 9.93. The second-order valence-electron chi connectivity index (χ2n) is 8.52. The topological polar surface area (TPSA) is 83.0 Å². The van der Waals surface area contributed by atoms with E-state index in [9.17, 15) is 10.2 Å². The van der Waals surface area contributed by atoms with Crippen molar-refractivity contribution < 1.29 is 19.7 Å². The molecule has 0 fully saturated rings. The Morgan fingerprint density at radius 1 is 0.645 bits per heavy atom. The van der Waals surface area contributed by atoms with Gasteiger partial charge in [0, 0.05) is 25.2 Å². The summed E-state index contributed by atoms with van der Waals surface area (Å²) in [6, 6.07) is 16.6. The fourth-order valence-corrected chi connectivity index (χ4v) is 2.89. The molecule has 0 amide bonds. The molecule has 0 heterocycles. The lowest BCUT2D eigenvalue weighted by Crippen LogP contribution is -2.35. The van der Waals surface area contributed by atoms with E-state index in [4.69, 9.17) is 9.47 Å². The third kappa shape index (κ3) is 10.6. The molecule has 6 heteroatoms. The summed E-state index contributed by atoms with van der Waals surface area (Å²) >= 11 is 0. The number of rotatable bonds is 14. The van der Waals surface area contributed by atoms with E-state index in [1.807, 2.05) is 76.2 Å². The van der Waals surface area contributed by atoms with E-state index >= 15 is 0 Å². The standard InChI is InChI=1S/C25H38N2O4/c1-18(2)26-14-22(28)16-30-24-9-5-20(6-10-24)13-21-7-11-25(12-8-21)31-17-23(29)15-27-19(3)4/h5-12,18-19,22-23,26-29H,13-17H2,1-4H3. The number of nitrogens with one attached hydrogen (secondary N) is 2. The zero-order chi connectivity index (χ0) is 22.6. The summed E-state index contributed by atoms with van der Waals surface area (Å²) in [6.45, 7) is 9.75. The van der Waals surface area contributed by atoms with Crippen molar-refractivity contribution in [1.29, 1.82) is 0 Å². The molecule has 0 aliphatic rings. The van der Waals surface area contributed by atoms with Crippen molar-refractivity contribution in [2.75, 3.05) is 26.3 Å². The first-order chi connectivity index (χ1) is 14.8. The minimum absolute atomic E-state index is 0.267. The highest BCUT2D eigenvalue weighted by Crippen LogP contribution is 2.18. The predicted octanol–water partition coefficient (Wildman–Crippen LogP) is 2.75. The highest BCUT2D eigenvalue weighted by atomic mass is 16.5. The Kier molecular flexibility index (Phi) is 10.8. The average molecular weight is 431 g/mol. The van der Waals surface area contributed by atoms with Gasteiger partial charge in [0.15, 0.2) is 0 Å². The Hall–Kier alpha value is -2.12. The molecule has 2 atom stereocenters. The maximum Gasteiger partial charge on any atom is 0.119 e. The molecule has 2 unspecified atom stereocenters. The van der Waals surface area contributed by atoms with Crippen LogP contribution < -0.4 is 20.1 Å².